The minimum atomic E-state index is -0.822. The smallest absolute Gasteiger partial charge is 0.303 e. The van der Waals surface area contributed by atoms with Crippen molar-refractivity contribution in [3.8, 4) is 22.7 Å². The van der Waals surface area contributed by atoms with Gasteiger partial charge < -0.3 is 9.84 Å². The second-order valence-electron chi connectivity index (χ2n) is 9.66. The third-order valence-electron chi connectivity index (χ3n) is 6.66. The first-order valence-corrected chi connectivity index (χ1v) is 14.7. The lowest BCUT2D eigenvalue weighted by Gasteiger charge is -2.13. The third kappa shape index (κ3) is 7.13. The highest BCUT2D eigenvalue weighted by Gasteiger charge is 2.32. The number of amides is 1. The molecule has 1 aromatic heterocycles. The van der Waals surface area contributed by atoms with Crippen LogP contribution in [0.2, 0.25) is 0 Å². The predicted molar refractivity (Wildman–Crippen MR) is 166 cm³/mol. The van der Waals surface area contributed by atoms with Crippen LogP contribution >= 0.6 is 24.0 Å². The molecular formula is C32H28FN3O4S2. The van der Waals surface area contributed by atoms with Crippen LogP contribution in [0.25, 0.3) is 23.0 Å². The molecule has 0 aliphatic carbocycles. The molecule has 3 aromatic carbocycles. The summed E-state index contributed by atoms with van der Waals surface area (Å²) in [7, 11) is 0. The van der Waals surface area contributed by atoms with E-state index in [-0.39, 0.29) is 24.8 Å². The van der Waals surface area contributed by atoms with Crippen molar-refractivity contribution < 1.29 is 23.8 Å². The Morgan fingerprint density at radius 3 is 2.60 bits per heavy atom. The number of thiocarbonyl (C=S) groups is 1. The number of thioether (sulfide) groups is 1. The lowest BCUT2D eigenvalue weighted by molar-refractivity contribution is -0.137. The van der Waals surface area contributed by atoms with Crippen molar-refractivity contribution in [3.05, 3.63) is 107 Å². The number of rotatable bonds is 12. The molecule has 0 spiro atoms. The number of hydrogen-bond donors (Lipinski definition) is 1. The molecule has 0 atom stereocenters. The summed E-state index contributed by atoms with van der Waals surface area (Å²) in [5.41, 5.74) is 3.47. The molecule has 0 bridgehead atoms. The van der Waals surface area contributed by atoms with Gasteiger partial charge in [-0.15, -0.1) is 0 Å². The molecule has 1 aliphatic heterocycles. The van der Waals surface area contributed by atoms with E-state index >= 15 is 0 Å². The molecule has 42 heavy (non-hydrogen) atoms. The Morgan fingerprint density at radius 1 is 1.02 bits per heavy atom. The van der Waals surface area contributed by atoms with Gasteiger partial charge in [-0.3, -0.25) is 14.5 Å². The van der Waals surface area contributed by atoms with Crippen LogP contribution in [0.15, 0.2) is 90.0 Å². The van der Waals surface area contributed by atoms with Gasteiger partial charge in [-0.1, -0.05) is 78.9 Å². The molecule has 1 aliphatic rings. The number of aliphatic carboxylic acids is 1. The summed E-state index contributed by atoms with van der Waals surface area (Å²) in [6, 6.07) is 23.6. The maximum atomic E-state index is 14.1. The fraction of sp³-hybridized carbons (Fsp3) is 0.188. The number of benzene rings is 3. The monoisotopic (exact) mass is 601 g/mol. The van der Waals surface area contributed by atoms with Crippen molar-refractivity contribution in [3.63, 3.8) is 0 Å². The summed E-state index contributed by atoms with van der Waals surface area (Å²) in [5, 5.41) is 13.7. The van der Waals surface area contributed by atoms with Gasteiger partial charge >= 0.3 is 5.97 Å². The van der Waals surface area contributed by atoms with E-state index in [0.717, 1.165) is 16.8 Å². The lowest BCUT2D eigenvalue weighted by atomic mass is 10.1. The quantitative estimate of drug-likeness (QED) is 0.105. The highest BCUT2D eigenvalue weighted by Crippen LogP contribution is 2.35. The Balaban J connectivity index is 1.40. The maximum absolute atomic E-state index is 14.1. The minimum Gasteiger partial charge on any atom is -0.489 e. The fourth-order valence-corrected chi connectivity index (χ4v) is 5.80. The van der Waals surface area contributed by atoms with Crippen LogP contribution in [-0.4, -0.2) is 42.5 Å². The summed E-state index contributed by atoms with van der Waals surface area (Å²) >= 11 is 6.75. The normalized spacial score (nSPS) is 14.1. The molecule has 214 valence electrons. The van der Waals surface area contributed by atoms with E-state index < -0.39 is 5.97 Å². The zero-order valence-electron chi connectivity index (χ0n) is 22.6. The number of unbranched alkanes of at least 4 members (excludes halogenated alkanes) is 2. The average Bonchev–Trinajstić information content (AvgIpc) is 3.53. The molecule has 1 amide bonds. The molecule has 10 heteroatoms. The fourth-order valence-electron chi connectivity index (χ4n) is 4.50. The van der Waals surface area contributed by atoms with Gasteiger partial charge in [0.25, 0.3) is 5.91 Å². The number of nitrogens with zero attached hydrogens (tertiary/aromatic N) is 3. The summed E-state index contributed by atoms with van der Waals surface area (Å²) in [6.45, 7) is 0.527. The molecule has 1 fully saturated rings. The number of aromatic nitrogens is 2. The highest BCUT2D eigenvalue weighted by atomic mass is 32.2. The van der Waals surface area contributed by atoms with Crippen molar-refractivity contribution in [1.29, 1.82) is 0 Å². The number of halogens is 1. The Labute approximate surface area is 252 Å². The van der Waals surface area contributed by atoms with Gasteiger partial charge in [0.15, 0.2) is 0 Å². The number of ether oxygens (including phenoxy) is 1. The van der Waals surface area contributed by atoms with E-state index in [2.05, 4.69) is 0 Å². The molecule has 4 aromatic rings. The van der Waals surface area contributed by atoms with E-state index in [4.69, 9.17) is 27.2 Å². The molecular weight excluding hydrogens is 574 g/mol. The van der Waals surface area contributed by atoms with Gasteiger partial charge in [0.05, 0.1) is 10.6 Å². The van der Waals surface area contributed by atoms with Crippen molar-refractivity contribution in [1.82, 2.24) is 14.7 Å². The third-order valence-corrected chi connectivity index (χ3v) is 8.03. The van der Waals surface area contributed by atoms with Crippen molar-refractivity contribution >= 4 is 46.3 Å². The molecule has 0 saturated carbocycles. The largest absolute Gasteiger partial charge is 0.489 e. The van der Waals surface area contributed by atoms with E-state index in [0.29, 0.717) is 52.0 Å². The van der Waals surface area contributed by atoms with Gasteiger partial charge in [-0.05, 0) is 49.2 Å². The second-order valence-corrected chi connectivity index (χ2v) is 11.3. The van der Waals surface area contributed by atoms with Crippen LogP contribution in [0.1, 0.15) is 36.8 Å². The van der Waals surface area contributed by atoms with Crippen molar-refractivity contribution in [2.45, 2.75) is 32.3 Å². The molecule has 7 nitrogen and oxygen atoms in total. The van der Waals surface area contributed by atoms with E-state index in [1.807, 2.05) is 54.7 Å². The maximum Gasteiger partial charge on any atom is 0.303 e. The standard InChI is InChI=1S/C32H28FN3O4S2/c33-27-15-7-6-10-23(27)21-40-26-14-9-11-22(18-26)30-24(20-36(34-30)25-12-3-1-4-13-25)19-28-31(39)35(32(41)42-28)17-8-2-5-16-29(37)38/h1,3-4,6-7,9-15,18-20H,2,5,8,16-17,21H2,(H,37,38). The van der Waals surface area contributed by atoms with E-state index in [1.54, 1.807) is 39.9 Å². The Hall–Kier alpha value is -4.28. The average molecular weight is 602 g/mol. The molecule has 1 saturated heterocycles. The molecule has 1 N–H and O–H groups in total. The minimum absolute atomic E-state index is 0.0836. The molecule has 5 rings (SSSR count). The number of carbonyl (C=O) groups excluding carboxylic acids is 1. The van der Waals surface area contributed by atoms with Crippen LogP contribution in [0, 0.1) is 5.82 Å². The van der Waals surface area contributed by atoms with E-state index in [1.165, 1.54) is 17.8 Å². The summed E-state index contributed by atoms with van der Waals surface area (Å²) in [5.74, 6) is -0.762. The zero-order valence-corrected chi connectivity index (χ0v) is 24.2. The first kappa shape index (κ1) is 29.2. The first-order chi connectivity index (χ1) is 20.4. The van der Waals surface area contributed by atoms with Gasteiger partial charge in [0.1, 0.15) is 28.2 Å². The Kier molecular flexibility index (Phi) is 9.45. The summed E-state index contributed by atoms with van der Waals surface area (Å²) < 4.78 is 22.2. The van der Waals surface area contributed by atoms with E-state index in [9.17, 15) is 14.0 Å². The molecule has 0 unspecified atom stereocenters. The lowest BCUT2D eigenvalue weighted by Crippen LogP contribution is -2.29. The van der Waals surface area contributed by atoms with Crippen LogP contribution in [0.5, 0.6) is 5.75 Å². The summed E-state index contributed by atoms with van der Waals surface area (Å²) in [4.78, 5) is 26.1. The van der Waals surface area contributed by atoms with Gasteiger partial charge in [0.2, 0.25) is 0 Å². The van der Waals surface area contributed by atoms with Crippen LogP contribution < -0.4 is 4.74 Å². The SMILES string of the molecule is O=C(O)CCCCCN1C(=O)C(=Cc2cn(-c3ccccc3)nc2-c2cccc(OCc3ccccc3F)c2)SC1=S. The van der Waals surface area contributed by atoms with Gasteiger partial charge in [0, 0.05) is 35.9 Å². The Bertz CT molecular complexity index is 1640. The number of carboxylic acid groups (broad SMARTS) is 1. The van der Waals surface area contributed by atoms with Gasteiger partial charge in [-0.25, -0.2) is 9.07 Å². The summed E-state index contributed by atoms with van der Waals surface area (Å²) in [6.07, 6.45) is 5.72. The number of para-hydroxylation sites is 1. The zero-order chi connectivity index (χ0) is 29.5. The number of carbonyl (C=O) groups is 2. The van der Waals surface area contributed by atoms with Crippen molar-refractivity contribution in [2.24, 2.45) is 0 Å². The number of carboxylic acids is 1. The topological polar surface area (TPSA) is 84.7 Å². The molecule has 0 radical (unpaired) electrons. The van der Waals surface area contributed by atoms with Crippen molar-refractivity contribution in [2.75, 3.05) is 6.54 Å². The van der Waals surface area contributed by atoms with Crippen LogP contribution in [0.4, 0.5) is 4.39 Å². The first-order valence-electron chi connectivity index (χ1n) is 13.5. The highest BCUT2D eigenvalue weighted by molar-refractivity contribution is 8.26. The van der Waals surface area contributed by atoms with Gasteiger partial charge in [-0.2, -0.15) is 5.10 Å². The molecule has 2 heterocycles. The van der Waals surface area contributed by atoms with Crippen LogP contribution in [0.3, 0.4) is 0 Å². The second kappa shape index (κ2) is 13.6. The number of hydrogen-bond acceptors (Lipinski definition) is 6. The Morgan fingerprint density at radius 2 is 1.81 bits per heavy atom. The predicted octanol–water partition coefficient (Wildman–Crippen LogP) is 7.10. The van der Waals surface area contributed by atoms with Crippen LogP contribution in [-0.2, 0) is 16.2 Å².